The van der Waals surface area contributed by atoms with Gasteiger partial charge in [-0.2, -0.15) is 0 Å². The maximum absolute atomic E-state index is 11.9. The molecule has 1 aromatic carbocycles. The Balaban J connectivity index is 2.39. The number of rotatable bonds is 2. The number of Topliss-reactive ketones (excluding diaryl/α,β-unsaturated/α-hetero) is 1. The lowest BCUT2D eigenvalue weighted by atomic mass is 10.0. The summed E-state index contributed by atoms with van der Waals surface area (Å²) in [6.45, 7) is 0. The number of aliphatic hydroxyl groups is 1. The first-order valence-corrected chi connectivity index (χ1v) is 4.68. The van der Waals surface area contributed by atoms with Crippen molar-refractivity contribution < 1.29 is 15.0 Å². The van der Waals surface area contributed by atoms with E-state index < -0.39 is 6.10 Å². The first-order chi connectivity index (χ1) is 7.76. The van der Waals surface area contributed by atoms with Crippen molar-refractivity contribution in [1.82, 2.24) is 0 Å². The van der Waals surface area contributed by atoms with Crippen LogP contribution in [0.3, 0.4) is 0 Å². The van der Waals surface area contributed by atoms with Gasteiger partial charge in [-0.1, -0.05) is 0 Å². The van der Waals surface area contributed by atoms with Crippen LogP contribution in [0.5, 0.6) is 5.75 Å². The van der Waals surface area contributed by atoms with E-state index in [-0.39, 0.29) is 5.78 Å². The number of hydrogen-bond acceptors (Lipinski definition) is 3. The number of hydrogen-bond donors (Lipinski definition) is 2. The Morgan fingerprint density at radius 2 is 2.43 bits per heavy atom. The Hall–Kier alpha value is -1.35. The molecule has 74 valence electrons. The van der Waals surface area contributed by atoms with E-state index in [0.717, 1.165) is 18.4 Å². The van der Waals surface area contributed by atoms with Crippen LogP contribution in [0.15, 0.2) is 18.2 Å². The molecule has 2 N–H and O–H groups in total. The molecule has 1 unspecified atom stereocenters. The van der Waals surface area contributed by atoms with Gasteiger partial charge in [0.25, 0.3) is 1.43 Å². The molecule has 0 saturated heterocycles. The van der Waals surface area contributed by atoms with Crippen LogP contribution in [-0.4, -0.2) is 25.0 Å². The molecule has 0 saturated carbocycles. The van der Waals surface area contributed by atoms with E-state index >= 15 is 0 Å². The zero-order valence-corrected chi connectivity index (χ0v) is 7.66. The Kier molecular flexibility index (Phi) is 1.71. The van der Waals surface area contributed by atoms with Gasteiger partial charge in [0.2, 0.25) is 1.43 Å². The van der Waals surface area contributed by atoms with Gasteiger partial charge in [0.1, 0.15) is 11.9 Å². The second-order valence-electron chi connectivity index (χ2n) is 3.56. The van der Waals surface area contributed by atoms with Crippen molar-refractivity contribution in [1.29, 1.82) is 2.86 Å². The number of fused-ring (bicyclic) bond motifs is 1. The van der Waals surface area contributed by atoms with E-state index in [9.17, 15) is 4.79 Å². The van der Waals surface area contributed by atoms with Crippen molar-refractivity contribution in [2.75, 3.05) is 0 Å². The molecule has 0 amide bonds. The number of benzene rings is 1. The first-order valence-electron chi connectivity index (χ1n) is 5.50. The van der Waals surface area contributed by atoms with Crippen molar-refractivity contribution in [3.05, 3.63) is 29.3 Å². The molecule has 1 aliphatic carbocycles. The minimum Gasteiger partial charge on any atom is -0.508 e. The van der Waals surface area contributed by atoms with Crippen LogP contribution in [0.2, 0.25) is 0 Å². The molecule has 1 aromatic rings. The number of carbonyl (C=O) groups is 1. The van der Waals surface area contributed by atoms with Crippen LogP contribution in [0, 0.1) is 0 Å². The second-order valence-corrected chi connectivity index (χ2v) is 3.56. The molecule has 3 heteroatoms. The van der Waals surface area contributed by atoms with Crippen molar-refractivity contribution in [3.8, 4) is 5.75 Å². The van der Waals surface area contributed by atoms with Crippen LogP contribution >= 0.6 is 0 Å². The molecule has 0 aromatic heterocycles. The molecule has 0 bridgehead atoms. The summed E-state index contributed by atoms with van der Waals surface area (Å²) in [5.41, 5.74) is 1.45. The third-order valence-electron chi connectivity index (χ3n) is 2.55. The van der Waals surface area contributed by atoms with Crippen LogP contribution in [0.25, 0.3) is 0 Å². The number of carbonyl (C=O) groups excluding carboxylic acids is 1. The minimum atomic E-state index is -0.663. The van der Waals surface area contributed by atoms with Crippen LogP contribution in [0.4, 0.5) is 0 Å². The third kappa shape index (κ3) is 1.51. The van der Waals surface area contributed by atoms with Gasteiger partial charge in [0, 0.05) is 5.56 Å². The number of phenols is 1. The number of aliphatic hydroxyl groups excluding tert-OH is 1. The van der Waals surface area contributed by atoms with Gasteiger partial charge in [-0.3, -0.25) is 4.79 Å². The van der Waals surface area contributed by atoms with Gasteiger partial charge < -0.3 is 10.2 Å². The number of aromatic hydroxyl groups is 1. The van der Waals surface area contributed by atoms with Crippen LogP contribution in [-0.2, 0) is 6.42 Å². The second kappa shape index (κ2) is 3.42. The molecule has 1 atom stereocenters. The molecule has 1 aliphatic rings. The van der Waals surface area contributed by atoms with Crippen molar-refractivity contribution >= 4 is 5.78 Å². The Bertz CT molecular complexity index is 406. The molecule has 0 fully saturated rings. The summed E-state index contributed by atoms with van der Waals surface area (Å²) in [5.74, 6) is 0.274. The molecular weight excluding hydrogens is 180 g/mol. The normalized spacial score (nSPS) is 23.1. The summed E-state index contributed by atoms with van der Waals surface area (Å²) >= 11 is 0. The number of aryl methyl sites for hydroxylation is 1. The quantitative estimate of drug-likeness (QED) is 0.697. The Morgan fingerprint density at radius 3 is 3.21 bits per heavy atom. The maximum Gasteiger partial charge on any atom is 0.293 e. The van der Waals surface area contributed by atoms with Gasteiger partial charge in [0.05, 0.1) is 0 Å². The van der Waals surface area contributed by atoms with Crippen molar-refractivity contribution in [3.63, 3.8) is 0 Å². The Labute approximate surface area is 85.0 Å². The standard InChI is InChI=1S/C11H12O3/c12-8-4-5-9-7(6-8)2-1-3-10(13)11(9)14/h4-6,10,12-13H,1-3H2/i13D/hD. The lowest BCUT2D eigenvalue weighted by Gasteiger charge is -2.06. The minimum absolute atomic E-state index is 0.154. The summed E-state index contributed by atoms with van der Waals surface area (Å²) in [6, 6.07) is 4.92. The van der Waals surface area contributed by atoms with Crippen LogP contribution < -0.4 is 0 Å². The fraction of sp³-hybridized carbons (Fsp3) is 0.364. The van der Waals surface area contributed by atoms with Crippen molar-refractivity contribution in [2.24, 2.45) is 0 Å². The summed E-state index contributed by atoms with van der Waals surface area (Å²) < 4.78 is 13.7. The largest absolute Gasteiger partial charge is 0.508 e. The number of ketones is 1. The average Bonchev–Trinajstić information content (AvgIpc) is 2.48. The highest BCUT2D eigenvalue weighted by Crippen LogP contribution is 2.24. The van der Waals surface area contributed by atoms with Gasteiger partial charge >= 0.3 is 0 Å². The van der Waals surface area contributed by atoms with E-state index in [0.29, 0.717) is 17.7 Å². The summed E-state index contributed by atoms with van der Waals surface area (Å²) in [4.78, 5) is 11.9. The highest BCUT2D eigenvalue weighted by atomic mass is 16.3. The highest BCUT2D eigenvalue weighted by Gasteiger charge is 2.23. The zero-order valence-electron chi connectivity index (χ0n) is 9.66. The molecule has 0 aliphatic heterocycles. The van der Waals surface area contributed by atoms with Gasteiger partial charge in [-0.15, -0.1) is 0 Å². The predicted molar refractivity (Wildman–Crippen MR) is 51.4 cm³/mol. The summed E-state index contributed by atoms with van der Waals surface area (Å²) in [6.07, 6.45) is 1.44. The summed E-state index contributed by atoms with van der Waals surface area (Å²) in [7, 11) is 0. The van der Waals surface area contributed by atoms with E-state index in [1.807, 2.05) is 0 Å². The average molecular weight is 194 g/mol. The molecule has 14 heavy (non-hydrogen) atoms. The number of phenolic OH excluding ortho intramolecular Hbond substituents is 1. The lowest BCUT2D eigenvalue weighted by Crippen LogP contribution is -2.18. The molecule has 0 spiro atoms. The fourth-order valence-corrected chi connectivity index (χ4v) is 1.80. The maximum atomic E-state index is 11.9. The van der Waals surface area contributed by atoms with Gasteiger partial charge in [-0.05, 0) is 43.0 Å². The Morgan fingerprint density at radius 1 is 1.50 bits per heavy atom. The van der Waals surface area contributed by atoms with E-state index in [4.69, 9.17) is 2.86 Å². The van der Waals surface area contributed by atoms with E-state index in [1.165, 1.54) is 0 Å². The summed E-state index contributed by atoms with van der Waals surface area (Å²) in [5, 5.41) is 8.81. The smallest absolute Gasteiger partial charge is 0.293 e. The van der Waals surface area contributed by atoms with Crippen molar-refractivity contribution in [2.45, 2.75) is 25.4 Å². The molecule has 2 rings (SSSR count). The van der Waals surface area contributed by atoms with Crippen LogP contribution in [0.1, 0.15) is 28.8 Å². The molecule has 3 nitrogen and oxygen atoms in total. The van der Waals surface area contributed by atoms with Gasteiger partial charge in [-0.25, -0.2) is 0 Å². The SMILES string of the molecule is [2H]Oc1ccc2c(c1)CCCC(O[2H])C2=O. The van der Waals surface area contributed by atoms with E-state index in [1.54, 1.807) is 18.2 Å². The van der Waals surface area contributed by atoms with E-state index in [2.05, 4.69) is 10.2 Å². The van der Waals surface area contributed by atoms with Gasteiger partial charge in [0.15, 0.2) is 5.78 Å². The first kappa shape index (κ1) is 7.01. The lowest BCUT2D eigenvalue weighted by molar-refractivity contribution is 0.0735. The zero-order chi connectivity index (χ0) is 11.5. The highest BCUT2D eigenvalue weighted by molar-refractivity contribution is 6.01. The third-order valence-corrected chi connectivity index (χ3v) is 2.55. The molecule has 0 heterocycles. The fourth-order valence-electron chi connectivity index (χ4n) is 1.80. The topological polar surface area (TPSA) is 57.5 Å². The predicted octanol–water partition coefficient (Wildman–Crippen LogP) is 1.27. The molecule has 0 radical (unpaired) electrons. The monoisotopic (exact) mass is 194 g/mol. The molecular formula is C11H12O3.